The summed E-state index contributed by atoms with van der Waals surface area (Å²) in [7, 11) is 0. The second-order valence-electron chi connectivity index (χ2n) is 5.43. The molecule has 22 heavy (non-hydrogen) atoms. The molecule has 1 aromatic heterocycles. The van der Waals surface area contributed by atoms with Gasteiger partial charge in [0.2, 0.25) is 5.91 Å². The van der Waals surface area contributed by atoms with Gasteiger partial charge in [-0.1, -0.05) is 48.5 Å². The number of hydrogen-bond acceptors (Lipinski definition) is 4. The van der Waals surface area contributed by atoms with Crippen molar-refractivity contribution in [2.45, 2.75) is 49.7 Å². The lowest BCUT2D eigenvalue weighted by molar-refractivity contribution is -0.121. The first-order valence-corrected chi connectivity index (χ1v) is 9.35. The molecule has 1 aromatic carbocycles. The minimum atomic E-state index is 0.0507. The Morgan fingerprint density at radius 2 is 2.09 bits per heavy atom. The molecule has 1 heterocycles. The topological polar surface area (TPSA) is 42.0 Å². The van der Waals surface area contributed by atoms with Gasteiger partial charge in [0.25, 0.3) is 0 Å². The summed E-state index contributed by atoms with van der Waals surface area (Å²) >= 11 is 3.33. The van der Waals surface area contributed by atoms with Crippen LogP contribution in [0.1, 0.15) is 37.1 Å². The molecule has 2 aromatic rings. The highest BCUT2D eigenvalue weighted by molar-refractivity contribution is 8.00. The molecular weight excluding hydrogens is 312 g/mol. The molecule has 0 saturated carbocycles. The van der Waals surface area contributed by atoms with E-state index in [1.165, 1.54) is 11.1 Å². The van der Waals surface area contributed by atoms with Crippen LogP contribution in [0.15, 0.2) is 34.0 Å². The molecule has 1 N–H and O–H groups in total. The van der Waals surface area contributed by atoms with Crippen LogP contribution >= 0.6 is 23.1 Å². The summed E-state index contributed by atoms with van der Waals surface area (Å²) in [6.45, 7) is 6.17. The summed E-state index contributed by atoms with van der Waals surface area (Å²) in [6.07, 6.45) is 1.31. The lowest BCUT2D eigenvalue weighted by Gasteiger charge is -2.10. The van der Waals surface area contributed by atoms with Crippen molar-refractivity contribution in [1.82, 2.24) is 10.3 Å². The van der Waals surface area contributed by atoms with Crippen LogP contribution in [0.5, 0.6) is 0 Å². The SMILES string of the molecule is CCC(C)NC(=O)Cc1csc(SCc2ccc(C)cc2)n1. The average Bonchev–Trinajstić information content (AvgIpc) is 2.93. The smallest absolute Gasteiger partial charge is 0.226 e. The number of thioether (sulfide) groups is 1. The number of nitrogens with one attached hydrogen (secondary N) is 1. The summed E-state index contributed by atoms with van der Waals surface area (Å²) in [6, 6.07) is 8.78. The van der Waals surface area contributed by atoms with Crippen LogP contribution in [0.3, 0.4) is 0 Å². The van der Waals surface area contributed by atoms with Crippen molar-refractivity contribution in [3.8, 4) is 0 Å². The predicted molar refractivity (Wildman–Crippen MR) is 94.5 cm³/mol. The summed E-state index contributed by atoms with van der Waals surface area (Å²) in [4.78, 5) is 16.4. The molecule has 1 unspecified atom stereocenters. The summed E-state index contributed by atoms with van der Waals surface area (Å²) in [5.74, 6) is 0.960. The maximum absolute atomic E-state index is 11.8. The first-order chi connectivity index (χ1) is 10.6. The molecule has 0 fully saturated rings. The van der Waals surface area contributed by atoms with Crippen molar-refractivity contribution >= 4 is 29.0 Å². The van der Waals surface area contributed by atoms with E-state index in [2.05, 4.69) is 48.4 Å². The van der Waals surface area contributed by atoms with Crippen LogP contribution in [0, 0.1) is 6.92 Å². The zero-order valence-corrected chi connectivity index (χ0v) is 14.9. The Kier molecular flexibility index (Phi) is 6.46. The van der Waals surface area contributed by atoms with Crippen molar-refractivity contribution in [2.24, 2.45) is 0 Å². The van der Waals surface area contributed by atoms with E-state index in [1.807, 2.05) is 12.3 Å². The molecule has 118 valence electrons. The molecule has 0 aliphatic rings. The predicted octanol–water partition coefficient (Wildman–Crippen LogP) is 4.20. The number of benzene rings is 1. The molecule has 3 nitrogen and oxygen atoms in total. The van der Waals surface area contributed by atoms with Gasteiger partial charge in [0, 0.05) is 17.2 Å². The molecule has 0 aliphatic carbocycles. The van der Waals surface area contributed by atoms with Crippen molar-refractivity contribution in [1.29, 1.82) is 0 Å². The third-order valence-electron chi connectivity index (χ3n) is 3.38. The van der Waals surface area contributed by atoms with E-state index in [-0.39, 0.29) is 11.9 Å². The first-order valence-electron chi connectivity index (χ1n) is 7.49. The fraction of sp³-hybridized carbons (Fsp3) is 0.412. The number of amides is 1. The van der Waals surface area contributed by atoms with Crippen LogP contribution in [0.2, 0.25) is 0 Å². The van der Waals surface area contributed by atoms with E-state index in [1.54, 1.807) is 23.1 Å². The fourth-order valence-corrected chi connectivity index (χ4v) is 3.66. The van der Waals surface area contributed by atoms with E-state index in [0.29, 0.717) is 6.42 Å². The van der Waals surface area contributed by atoms with E-state index in [9.17, 15) is 4.79 Å². The zero-order valence-electron chi connectivity index (χ0n) is 13.3. The van der Waals surface area contributed by atoms with Gasteiger partial charge in [-0.05, 0) is 25.8 Å². The number of thiazole rings is 1. The second kappa shape index (κ2) is 8.34. The number of rotatable bonds is 7. The number of carbonyl (C=O) groups is 1. The van der Waals surface area contributed by atoms with E-state index in [4.69, 9.17) is 0 Å². The highest BCUT2D eigenvalue weighted by Gasteiger charge is 2.10. The van der Waals surface area contributed by atoms with Crippen molar-refractivity contribution in [3.63, 3.8) is 0 Å². The summed E-state index contributed by atoms with van der Waals surface area (Å²) in [5.41, 5.74) is 3.43. The molecule has 1 amide bonds. The molecule has 5 heteroatoms. The number of aromatic nitrogens is 1. The normalized spacial score (nSPS) is 12.1. The van der Waals surface area contributed by atoms with Gasteiger partial charge in [0.15, 0.2) is 0 Å². The Bertz CT molecular complexity index is 607. The minimum Gasteiger partial charge on any atom is -0.353 e. The second-order valence-corrected chi connectivity index (χ2v) is 7.51. The highest BCUT2D eigenvalue weighted by atomic mass is 32.2. The number of carbonyl (C=O) groups excluding carboxylic acids is 1. The number of aryl methyl sites for hydroxylation is 1. The molecule has 0 spiro atoms. The monoisotopic (exact) mass is 334 g/mol. The quantitative estimate of drug-likeness (QED) is 0.772. The maximum Gasteiger partial charge on any atom is 0.226 e. The van der Waals surface area contributed by atoms with Crippen molar-refractivity contribution < 1.29 is 4.79 Å². The Balaban J connectivity index is 1.83. The van der Waals surface area contributed by atoms with E-state index < -0.39 is 0 Å². The van der Waals surface area contributed by atoms with Gasteiger partial charge in [0.05, 0.1) is 12.1 Å². The van der Waals surface area contributed by atoms with E-state index in [0.717, 1.165) is 22.2 Å². The maximum atomic E-state index is 11.8. The molecule has 0 radical (unpaired) electrons. The van der Waals surface area contributed by atoms with Crippen molar-refractivity contribution in [3.05, 3.63) is 46.5 Å². The first kappa shape index (κ1) is 17.0. The number of nitrogens with zero attached hydrogens (tertiary/aromatic N) is 1. The standard InChI is InChI=1S/C17H22N2OS2/c1-4-13(3)18-16(20)9-15-11-22-17(19-15)21-10-14-7-5-12(2)6-8-14/h5-8,11,13H,4,9-10H2,1-3H3,(H,18,20). The fourth-order valence-electron chi connectivity index (χ4n) is 1.86. The largest absolute Gasteiger partial charge is 0.353 e. The van der Waals surface area contributed by atoms with Gasteiger partial charge < -0.3 is 5.32 Å². The van der Waals surface area contributed by atoms with Gasteiger partial charge in [-0.2, -0.15) is 0 Å². The van der Waals surface area contributed by atoms with Crippen molar-refractivity contribution in [2.75, 3.05) is 0 Å². The van der Waals surface area contributed by atoms with E-state index >= 15 is 0 Å². The lowest BCUT2D eigenvalue weighted by Crippen LogP contribution is -2.33. The Morgan fingerprint density at radius 3 is 2.77 bits per heavy atom. The van der Waals surface area contributed by atoms with Crippen LogP contribution in [0.4, 0.5) is 0 Å². The third kappa shape index (κ3) is 5.46. The third-order valence-corrected chi connectivity index (χ3v) is 5.52. The molecule has 0 bridgehead atoms. The van der Waals surface area contributed by atoms with Crippen LogP contribution in [-0.4, -0.2) is 16.9 Å². The minimum absolute atomic E-state index is 0.0507. The Labute approximate surface area is 140 Å². The van der Waals surface area contributed by atoms with Gasteiger partial charge >= 0.3 is 0 Å². The molecule has 2 rings (SSSR count). The molecule has 0 aliphatic heterocycles. The average molecular weight is 335 g/mol. The molecular formula is C17H22N2OS2. The van der Waals surface area contributed by atoms with Crippen LogP contribution in [0.25, 0.3) is 0 Å². The van der Waals surface area contributed by atoms with Gasteiger partial charge in [-0.25, -0.2) is 4.98 Å². The summed E-state index contributed by atoms with van der Waals surface area (Å²) in [5, 5.41) is 4.95. The highest BCUT2D eigenvalue weighted by Crippen LogP contribution is 2.26. The zero-order chi connectivity index (χ0) is 15.9. The van der Waals surface area contributed by atoms with Gasteiger partial charge in [0.1, 0.15) is 4.34 Å². The molecule has 0 saturated heterocycles. The number of hydrogen-bond donors (Lipinski definition) is 1. The lowest BCUT2D eigenvalue weighted by atomic mass is 10.2. The Morgan fingerprint density at radius 1 is 1.36 bits per heavy atom. The molecule has 1 atom stereocenters. The van der Waals surface area contributed by atoms with Crippen LogP contribution < -0.4 is 5.32 Å². The van der Waals surface area contributed by atoms with Gasteiger partial charge in [-0.15, -0.1) is 11.3 Å². The Hall–Kier alpha value is -1.33. The van der Waals surface area contributed by atoms with Gasteiger partial charge in [-0.3, -0.25) is 4.79 Å². The van der Waals surface area contributed by atoms with Crippen LogP contribution in [-0.2, 0) is 17.0 Å². The summed E-state index contributed by atoms with van der Waals surface area (Å²) < 4.78 is 1.02.